The summed E-state index contributed by atoms with van der Waals surface area (Å²) in [7, 11) is 3.02. The van der Waals surface area contributed by atoms with Crippen molar-refractivity contribution in [2.75, 3.05) is 14.2 Å². The third kappa shape index (κ3) is 3.17. The van der Waals surface area contributed by atoms with Gasteiger partial charge in [-0.2, -0.15) is 0 Å². The SMILES string of the molecule is COc1cc(CNCc2ncc[nH]2)cc(OC)c1O. The molecule has 2 rings (SSSR count). The first-order chi connectivity index (χ1) is 9.24. The minimum Gasteiger partial charge on any atom is -0.502 e. The van der Waals surface area contributed by atoms with Crippen molar-refractivity contribution in [3.63, 3.8) is 0 Å². The molecule has 0 saturated heterocycles. The Bertz CT molecular complexity index is 501. The number of phenols is 1. The zero-order chi connectivity index (χ0) is 13.7. The zero-order valence-corrected chi connectivity index (χ0v) is 10.9. The second kappa shape index (κ2) is 6.10. The predicted octanol–water partition coefficient (Wildman–Crippen LogP) is 1.42. The third-order valence-corrected chi connectivity index (χ3v) is 2.72. The number of aromatic hydroxyl groups is 1. The van der Waals surface area contributed by atoms with Crippen LogP contribution >= 0.6 is 0 Å². The first-order valence-electron chi connectivity index (χ1n) is 5.87. The van der Waals surface area contributed by atoms with Crippen LogP contribution in [0.15, 0.2) is 24.5 Å². The van der Waals surface area contributed by atoms with E-state index in [1.165, 1.54) is 14.2 Å². The molecule has 1 aromatic carbocycles. The Kier molecular flexibility index (Phi) is 4.25. The van der Waals surface area contributed by atoms with Crippen molar-refractivity contribution < 1.29 is 14.6 Å². The lowest BCUT2D eigenvalue weighted by Crippen LogP contribution is -2.13. The van der Waals surface area contributed by atoms with Gasteiger partial charge in [-0.1, -0.05) is 0 Å². The maximum Gasteiger partial charge on any atom is 0.200 e. The van der Waals surface area contributed by atoms with Crippen molar-refractivity contribution in [3.05, 3.63) is 35.9 Å². The van der Waals surface area contributed by atoms with Crippen LogP contribution in [0.25, 0.3) is 0 Å². The van der Waals surface area contributed by atoms with Crippen LogP contribution in [-0.4, -0.2) is 29.3 Å². The number of rotatable bonds is 6. The first kappa shape index (κ1) is 13.2. The van der Waals surface area contributed by atoms with Crippen molar-refractivity contribution in [2.24, 2.45) is 0 Å². The number of ether oxygens (including phenoxy) is 2. The fourth-order valence-electron chi connectivity index (χ4n) is 1.77. The normalized spacial score (nSPS) is 10.4. The molecule has 102 valence electrons. The fourth-order valence-corrected chi connectivity index (χ4v) is 1.77. The molecule has 0 bridgehead atoms. The third-order valence-electron chi connectivity index (χ3n) is 2.72. The number of nitrogens with one attached hydrogen (secondary N) is 2. The number of aromatic amines is 1. The van der Waals surface area contributed by atoms with Crippen LogP contribution in [0.4, 0.5) is 0 Å². The van der Waals surface area contributed by atoms with E-state index in [4.69, 9.17) is 9.47 Å². The van der Waals surface area contributed by atoms with Crippen molar-refractivity contribution in [1.82, 2.24) is 15.3 Å². The molecule has 6 nitrogen and oxygen atoms in total. The molecule has 1 aromatic heterocycles. The number of aromatic nitrogens is 2. The summed E-state index contributed by atoms with van der Waals surface area (Å²) in [5.41, 5.74) is 0.957. The van der Waals surface area contributed by atoms with E-state index < -0.39 is 0 Å². The molecule has 0 aliphatic rings. The summed E-state index contributed by atoms with van der Waals surface area (Å²) in [5.74, 6) is 1.68. The average Bonchev–Trinajstić information content (AvgIpc) is 2.93. The Morgan fingerprint density at radius 3 is 2.42 bits per heavy atom. The first-order valence-corrected chi connectivity index (χ1v) is 5.87. The predicted molar refractivity (Wildman–Crippen MR) is 70.3 cm³/mol. The van der Waals surface area contributed by atoms with Gasteiger partial charge in [0.05, 0.1) is 20.8 Å². The molecular weight excluding hydrogens is 246 g/mol. The molecule has 0 atom stereocenters. The summed E-state index contributed by atoms with van der Waals surface area (Å²) in [4.78, 5) is 7.14. The number of benzene rings is 1. The number of H-pyrrole nitrogens is 1. The van der Waals surface area contributed by atoms with Crippen LogP contribution in [0, 0.1) is 0 Å². The molecule has 0 unspecified atom stereocenters. The van der Waals surface area contributed by atoms with Crippen LogP contribution in [0.2, 0.25) is 0 Å². The number of nitrogens with zero attached hydrogens (tertiary/aromatic N) is 1. The molecule has 0 spiro atoms. The van der Waals surface area contributed by atoms with E-state index in [1.807, 2.05) is 0 Å². The Hall–Kier alpha value is -2.21. The molecule has 2 aromatic rings. The van der Waals surface area contributed by atoms with Crippen molar-refractivity contribution in [2.45, 2.75) is 13.1 Å². The summed E-state index contributed by atoms with van der Waals surface area (Å²) in [6.45, 7) is 1.26. The van der Waals surface area contributed by atoms with Crippen LogP contribution < -0.4 is 14.8 Å². The lowest BCUT2D eigenvalue weighted by atomic mass is 10.2. The minimum atomic E-state index is 0.0137. The highest BCUT2D eigenvalue weighted by molar-refractivity contribution is 5.52. The molecule has 0 aliphatic carbocycles. The molecular formula is C13H17N3O3. The van der Waals surface area contributed by atoms with Crippen LogP contribution in [-0.2, 0) is 13.1 Å². The van der Waals surface area contributed by atoms with Crippen molar-refractivity contribution in [3.8, 4) is 17.2 Å². The van der Waals surface area contributed by atoms with E-state index in [9.17, 15) is 5.11 Å². The summed E-state index contributed by atoms with van der Waals surface area (Å²) in [6, 6.07) is 3.54. The van der Waals surface area contributed by atoms with Gasteiger partial charge < -0.3 is 24.9 Å². The van der Waals surface area contributed by atoms with E-state index in [1.54, 1.807) is 24.5 Å². The number of phenolic OH excluding ortho intramolecular Hbond substituents is 1. The molecule has 0 fully saturated rings. The van der Waals surface area contributed by atoms with Crippen LogP contribution in [0.3, 0.4) is 0 Å². The van der Waals surface area contributed by atoms with E-state index in [-0.39, 0.29) is 5.75 Å². The second-order valence-electron chi connectivity index (χ2n) is 3.99. The molecule has 6 heteroatoms. The van der Waals surface area contributed by atoms with E-state index >= 15 is 0 Å². The van der Waals surface area contributed by atoms with Gasteiger partial charge in [-0.25, -0.2) is 4.98 Å². The van der Waals surface area contributed by atoms with Gasteiger partial charge in [-0.3, -0.25) is 0 Å². The lowest BCUT2D eigenvalue weighted by molar-refractivity contribution is 0.339. The number of hydrogen-bond acceptors (Lipinski definition) is 5. The van der Waals surface area contributed by atoms with Crippen LogP contribution in [0.5, 0.6) is 17.2 Å². The monoisotopic (exact) mass is 263 g/mol. The molecule has 1 heterocycles. The van der Waals surface area contributed by atoms with E-state index in [0.717, 1.165) is 11.4 Å². The maximum absolute atomic E-state index is 9.80. The summed E-state index contributed by atoms with van der Waals surface area (Å²) in [5, 5.41) is 13.0. The molecule has 0 amide bonds. The van der Waals surface area contributed by atoms with Gasteiger partial charge in [0, 0.05) is 18.9 Å². The highest BCUT2D eigenvalue weighted by atomic mass is 16.5. The van der Waals surface area contributed by atoms with Gasteiger partial charge >= 0.3 is 0 Å². The fraction of sp³-hybridized carbons (Fsp3) is 0.308. The smallest absolute Gasteiger partial charge is 0.200 e. The summed E-state index contributed by atoms with van der Waals surface area (Å²) in [6.07, 6.45) is 3.49. The van der Waals surface area contributed by atoms with E-state index in [2.05, 4.69) is 15.3 Å². The lowest BCUT2D eigenvalue weighted by Gasteiger charge is -2.11. The number of imidazole rings is 1. The molecule has 0 radical (unpaired) electrons. The second-order valence-corrected chi connectivity index (χ2v) is 3.99. The maximum atomic E-state index is 9.80. The highest BCUT2D eigenvalue weighted by Gasteiger charge is 2.10. The average molecular weight is 263 g/mol. The minimum absolute atomic E-state index is 0.0137. The topological polar surface area (TPSA) is 79.4 Å². The Morgan fingerprint density at radius 1 is 1.21 bits per heavy atom. The summed E-state index contributed by atoms with van der Waals surface area (Å²) < 4.78 is 10.2. The van der Waals surface area contributed by atoms with Crippen molar-refractivity contribution >= 4 is 0 Å². The van der Waals surface area contributed by atoms with Gasteiger partial charge in [-0.05, 0) is 17.7 Å². The largest absolute Gasteiger partial charge is 0.502 e. The Balaban J connectivity index is 2.03. The molecule has 0 aliphatic heterocycles. The summed E-state index contributed by atoms with van der Waals surface area (Å²) >= 11 is 0. The van der Waals surface area contributed by atoms with Gasteiger partial charge in [-0.15, -0.1) is 0 Å². The van der Waals surface area contributed by atoms with E-state index in [0.29, 0.717) is 24.6 Å². The molecule has 0 saturated carbocycles. The van der Waals surface area contributed by atoms with Crippen LogP contribution in [0.1, 0.15) is 11.4 Å². The molecule has 3 N–H and O–H groups in total. The van der Waals surface area contributed by atoms with Gasteiger partial charge in [0.15, 0.2) is 11.5 Å². The van der Waals surface area contributed by atoms with Gasteiger partial charge in [0.1, 0.15) is 5.82 Å². The standard InChI is InChI=1S/C13H17N3O3/c1-18-10-5-9(6-11(19-2)13(10)17)7-14-8-12-15-3-4-16-12/h3-6,14,17H,7-8H2,1-2H3,(H,15,16). The number of hydrogen-bond donors (Lipinski definition) is 3. The number of methoxy groups -OCH3 is 2. The van der Waals surface area contributed by atoms with Gasteiger partial charge in [0.25, 0.3) is 0 Å². The Labute approximate surface area is 111 Å². The quantitative estimate of drug-likeness (QED) is 0.734. The molecule has 19 heavy (non-hydrogen) atoms. The highest BCUT2D eigenvalue weighted by Crippen LogP contribution is 2.36. The zero-order valence-electron chi connectivity index (χ0n) is 10.9. The Morgan fingerprint density at radius 2 is 1.89 bits per heavy atom. The van der Waals surface area contributed by atoms with Crippen molar-refractivity contribution in [1.29, 1.82) is 0 Å². The van der Waals surface area contributed by atoms with Gasteiger partial charge in [0.2, 0.25) is 5.75 Å².